The van der Waals surface area contributed by atoms with Crippen LogP contribution < -0.4 is 20.9 Å². The minimum atomic E-state index is -1.15. The van der Waals surface area contributed by atoms with Gasteiger partial charge in [0, 0.05) is 18.5 Å². The Bertz CT molecular complexity index is 1350. The Hall–Kier alpha value is -5.14. The molecule has 1 aromatic heterocycles. The highest BCUT2D eigenvalue weighted by molar-refractivity contribution is 6.05. The number of H-pyrrole nitrogens is 1. The van der Waals surface area contributed by atoms with Crippen molar-refractivity contribution in [1.29, 1.82) is 0 Å². The predicted octanol–water partition coefficient (Wildman–Crippen LogP) is -0.388. The molecule has 4 rings (SSSR count). The molecule has 2 atom stereocenters. The molecule has 0 unspecified atom stereocenters. The number of carbonyl (C=O) groups is 5. The first kappa shape index (κ1) is 26.9. The Morgan fingerprint density at radius 2 is 1.74 bits per heavy atom. The summed E-state index contributed by atoms with van der Waals surface area (Å²) < 4.78 is 0. The van der Waals surface area contributed by atoms with Crippen molar-refractivity contribution in [2.45, 2.75) is 37.9 Å². The van der Waals surface area contributed by atoms with Crippen molar-refractivity contribution in [2.24, 2.45) is 0 Å². The van der Waals surface area contributed by atoms with Gasteiger partial charge in [-0.15, -0.1) is 10.2 Å². The number of carbonyl (C=O) groups excluding carboxylic acids is 4. The number of aromatic nitrogens is 4. The molecular weight excluding hydrogens is 508 g/mol. The molecule has 1 aliphatic rings. The van der Waals surface area contributed by atoms with Crippen LogP contribution >= 0.6 is 0 Å². The molecule has 39 heavy (non-hydrogen) atoms. The fraction of sp³-hybridized carbons (Fsp3) is 0.280. The Balaban J connectivity index is 1.45. The van der Waals surface area contributed by atoms with Gasteiger partial charge >= 0.3 is 5.97 Å². The number of amides is 4. The molecule has 0 aliphatic carbocycles. The lowest BCUT2D eigenvalue weighted by Gasteiger charge is -2.25. The lowest BCUT2D eigenvalue weighted by atomic mass is 10.1. The predicted molar refractivity (Wildman–Crippen MR) is 135 cm³/mol. The second-order valence-corrected chi connectivity index (χ2v) is 8.68. The largest absolute Gasteiger partial charge is 0.481 e. The van der Waals surface area contributed by atoms with Gasteiger partial charge in [-0.25, -0.2) is 0 Å². The number of rotatable bonds is 11. The van der Waals surface area contributed by atoms with E-state index in [4.69, 9.17) is 5.11 Å². The summed E-state index contributed by atoms with van der Waals surface area (Å²) >= 11 is 0. The summed E-state index contributed by atoms with van der Waals surface area (Å²) in [6.07, 6.45) is -0.422. The Morgan fingerprint density at radius 1 is 1.00 bits per heavy atom. The molecule has 0 bridgehead atoms. The van der Waals surface area contributed by atoms with E-state index in [2.05, 4.69) is 36.6 Å². The van der Waals surface area contributed by atoms with Crippen molar-refractivity contribution in [3.8, 4) is 0 Å². The van der Waals surface area contributed by atoms with Crippen LogP contribution in [-0.4, -0.2) is 67.9 Å². The number of hydrogen-bond donors (Lipinski definition) is 5. The minimum absolute atomic E-state index is 0.0152. The molecule has 2 aromatic carbocycles. The molecule has 0 fully saturated rings. The highest BCUT2D eigenvalue weighted by Crippen LogP contribution is 2.32. The first-order valence-electron chi connectivity index (χ1n) is 12.1. The van der Waals surface area contributed by atoms with Gasteiger partial charge in [-0.1, -0.05) is 53.7 Å². The smallest absolute Gasteiger partial charge is 0.303 e. The maximum Gasteiger partial charge on any atom is 0.303 e. The highest BCUT2D eigenvalue weighted by atomic mass is 16.4. The number of aliphatic carboxylic acids is 1. The van der Waals surface area contributed by atoms with Crippen LogP contribution in [0.5, 0.6) is 0 Å². The number of tetrazole rings is 1. The molecule has 2 heterocycles. The first-order valence-corrected chi connectivity index (χ1v) is 12.1. The minimum Gasteiger partial charge on any atom is -0.481 e. The number of aromatic amines is 1. The van der Waals surface area contributed by atoms with Crippen LogP contribution in [0.4, 0.5) is 5.69 Å². The number of carboxylic acid groups (broad SMARTS) is 1. The fourth-order valence-electron chi connectivity index (χ4n) is 4.19. The number of anilines is 1. The third kappa shape index (κ3) is 6.80. The van der Waals surface area contributed by atoms with Crippen LogP contribution in [0.25, 0.3) is 0 Å². The van der Waals surface area contributed by atoms with E-state index in [0.29, 0.717) is 11.3 Å². The van der Waals surface area contributed by atoms with Gasteiger partial charge in [0.15, 0.2) is 5.82 Å². The van der Waals surface area contributed by atoms with Crippen molar-refractivity contribution in [3.05, 3.63) is 71.5 Å². The lowest BCUT2D eigenvalue weighted by molar-refractivity contribution is -0.139. The summed E-state index contributed by atoms with van der Waals surface area (Å²) in [7, 11) is 0. The fourth-order valence-corrected chi connectivity index (χ4v) is 4.19. The molecule has 0 saturated heterocycles. The van der Waals surface area contributed by atoms with Crippen LogP contribution in [0.1, 0.15) is 35.8 Å². The summed E-state index contributed by atoms with van der Waals surface area (Å²) in [6.45, 7) is -0.433. The normalized spacial score (nSPS) is 14.7. The summed E-state index contributed by atoms with van der Waals surface area (Å²) in [4.78, 5) is 63.9. The number of benzene rings is 2. The Kier molecular flexibility index (Phi) is 8.56. The van der Waals surface area contributed by atoms with Crippen LogP contribution in [0.15, 0.2) is 54.6 Å². The second-order valence-electron chi connectivity index (χ2n) is 8.68. The molecule has 5 N–H and O–H groups in total. The first-order chi connectivity index (χ1) is 18.8. The third-order valence-corrected chi connectivity index (χ3v) is 6.04. The van der Waals surface area contributed by atoms with Gasteiger partial charge < -0.3 is 21.1 Å². The van der Waals surface area contributed by atoms with E-state index in [1.807, 2.05) is 6.07 Å². The van der Waals surface area contributed by atoms with E-state index >= 15 is 0 Å². The molecule has 0 radical (unpaired) electrons. The average molecular weight is 535 g/mol. The summed E-state index contributed by atoms with van der Waals surface area (Å²) in [6, 6.07) is 13.4. The van der Waals surface area contributed by atoms with Crippen molar-refractivity contribution in [2.75, 3.05) is 11.4 Å². The van der Waals surface area contributed by atoms with Gasteiger partial charge in [0.25, 0.3) is 0 Å². The standard InChI is InChI=1S/C25H26N8O6/c34-20(10-11-22(36)37)28-23(15-6-2-1-3-7-15)25(39)27-14-21(35)33-17-9-5-4-8-16(17)12-18(33)24(38)26-13-19-29-31-32-30-19/h1-9,18,23H,10-14H2,(H,26,38)(H,27,39)(H,28,34)(H,36,37)(H,29,30,31,32)/t18-,23-/m0/s1. The second kappa shape index (κ2) is 12.4. The number of fused-ring (bicyclic) bond motifs is 1. The highest BCUT2D eigenvalue weighted by Gasteiger charge is 2.38. The van der Waals surface area contributed by atoms with Gasteiger partial charge in [-0.2, -0.15) is 5.21 Å². The Morgan fingerprint density at radius 3 is 2.46 bits per heavy atom. The molecule has 202 valence electrons. The maximum atomic E-state index is 13.4. The quantitative estimate of drug-likeness (QED) is 0.217. The Labute approximate surface area is 222 Å². The average Bonchev–Trinajstić information content (AvgIpc) is 3.60. The topological polar surface area (TPSA) is 199 Å². The van der Waals surface area contributed by atoms with E-state index < -0.39 is 54.6 Å². The third-order valence-electron chi connectivity index (χ3n) is 6.04. The monoisotopic (exact) mass is 534 g/mol. The van der Waals surface area contributed by atoms with E-state index in [1.54, 1.807) is 48.5 Å². The molecular formula is C25H26N8O6. The van der Waals surface area contributed by atoms with Gasteiger partial charge in [0.1, 0.15) is 12.1 Å². The summed E-state index contributed by atoms with van der Waals surface area (Å²) in [5.74, 6) is -3.11. The van der Waals surface area contributed by atoms with E-state index in [0.717, 1.165) is 5.56 Å². The van der Waals surface area contributed by atoms with E-state index in [9.17, 15) is 24.0 Å². The molecule has 14 nitrogen and oxygen atoms in total. The molecule has 14 heteroatoms. The lowest BCUT2D eigenvalue weighted by Crippen LogP contribution is -2.51. The summed E-state index contributed by atoms with van der Waals surface area (Å²) in [5.41, 5.74) is 1.80. The van der Waals surface area contributed by atoms with Crippen LogP contribution in [-0.2, 0) is 36.9 Å². The molecule has 3 aromatic rings. The maximum absolute atomic E-state index is 13.4. The van der Waals surface area contributed by atoms with Crippen molar-refractivity contribution in [3.63, 3.8) is 0 Å². The number of nitrogens with zero attached hydrogens (tertiary/aromatic N) is 4. The van der Waals surface area contributed by atoms with Crippen molar-refractivity contribution < 1.29 is 29.1 Å². The number of para-hydroxylation sites is 1. The number of carboxylic acids is 1. The zero-order valence-corrected chi connectivity index (χ0v) is 20.7. The zero-order chi connectivity index (χ0) is 27.8. The van der Waals surface area contributed by atoms with E-state index in [-0.39, 0.29) is 25.2 Å². The van der Waals surface area contributed by atoms with Crippen molar-refractivity contribution >= 4 is 35.3 Å². The molecule has 0 saturated carbocycles. The van der Waals surface area contributed by atoms with Gasteiger partial charge in [-0.3, -0.25) is 28.9 Å². The van der Waals surface area contributed by atoms with E-state index in [1.165, 1.54) is 4.90 Å². The summed E-state index contributed by atoms with van der Waals surface area (Å²) in [5, 5.41) is 29.9. The molecule has 4 amide bonds. The van der Waals surface area contributed by atoms with Gasteiger partial charge in [0.05, 0.1) is 19.5 Å². The van der Waals surface area contributed by atoms with Crippen LogP contribution in [0, 0.1) is 0 Å². The van der Waals surface area contributed by atoms with Crippen LogP contribution in [0.2, 0.25) is 0 Å². The molecule has 1 aliphatic heterocycles. The van der Waals surface area contributed by atoms with Crippen LogP contribution in [0.3, 0.4) is 0 Å². The number of nitrogens with one attached hydrogen (secondary N) is 4. The van der Waals surface area contributed by atoms with Crippen molar-refractivity contribution in [1.82, 2.24) is 36.6 Å². The SMILES string of the molecule is O=C(O)CCC(=O)N[C@H](C(=O)NCC(=O)N1c2ccccc2C[C@H]1C(=O)NCc1nn[nH]n1)c1ccccc1. The van der Waals surface area contributed by atoms with Gasteiger partial charge in [-0.05, 0) is 17.2 Å². The van der Waals surface area contributed by atoms with Gasteiger partial charge in [0.2, 0.25) is 23.6 Å². The molecule has 0 spiro atoms. The number of hydrogen-bond acceptors (Lipinski definition) is 8. The zero-order valence-electron chi connectivity index (χ0n) is 20.7.